The van der Waals surface area contributed by atoms with Crippen molar-refractivity contribution in [2.24, 2.45) is 0 Å². The largest absolute Gasteiger partial charge is 0.473 e. The second-order valence-electron chi connectivity index (χ2n) is 4.23. The monoisotopic (exact) mass is 321 g/mol. The first-order valence-corrected chi connectivity index (χ1v) is 6.98. The van der Waals surface area contributed by atoms with Gasteiger partial charge in [0.05, 0.1) is 6.61 Å². The maximum atomic E-state index is 9.21. The van der Waals surface area contributed by atoms with E-state index >= 15 is 0 Å². The van der Waals surface area contributed by atoms with Gasteiger partial charge in [-0.2, -0.15) is 0 Å². The van der Waals surface area contributed by atoms with Crippen LogP contribution in [0.2, 0.25) is 0 Å². The minimum Gasteiger partial charge on any atom is -0.473 e. The van der Waals surface area contributed by atoms with Crippen LogP contribution in [-0.2, 0) is 19.6 Å². The topological polar surface area (TPSA) is 42.4 Å². The number of nitrogens with zero attached hydrogens (tertiary/aromatic N) is 1. The summed E-state index contributed by atoms with van der Waals surface area (Å²) in [5.41, 5.74) is 2.84. The lowest BCUT2D eigenvalue weighted by Crippen LogP contribution is -2.00. The minimum absolute atomic E-state index is 0.00413. The van der Waals surface area contributed by atoms with E-state index in [9.17, 15) is 5.11 Å². The summed E-state index contributed by atoms with van der Waals surface area (Å²) in [7, 11) is 0. The molecule has 0 radical (unpaired) electrons. The Morgan fingerprint density at radius 3 is 2.53 bits per heavy atom. The zero-order valence-corrected chi connectivity index (χ0v) is 12.4. The molecule has 100 valence electrons. The first-order valence-electron chi connectivity index (χ1n) is 6.19. The van der Waals surface area contributed by atoms with Gasteiger partial charge in [-0.25, -0.2) is 4.98 Å². The summed E-state index contributed by atoms with van der Waals surface area (Å²) in [6.45, 7) is 2.50. The molecule has 0 saturated carbocycles. The molecule has 1 N–H and O–H groups in total. The molecule has 2 rings (SSSR count). The number of rotatable bonds is 5. The van der Waals surface area contributed by atoms with Crippen LogP contribution in [0.1, 0.15) is 23.7 Å². The van der Waals surface area contributed by atoms with Gasteiger partial charge in [0.25, 0.3) is 0 Å². The molecular weight excluding hydrogens is 306 g/mol. The first kappa shape index (κ1) is 14.0. The van der Waals surface area contributed by atoms with E-state index in [4.69, 9.17) is 4.74 Å². The zero-order chi connectivity index (χ0) is 13.7. The highest BCUT2D eigenvalue weighted by Gasteiger charge is 2.03. The van der Waals surface area contributed by atoms with Crippen LogP contribution in [0.25, 0.3) is 0 Å². The van der Waals surface area contributed by atoms with Gasteiger partial charge in [-0.3, -0.25) is 0 Å². The molecule has 2 aromatic rings. The van der Waals surface area contributed by atoms with Gasteiger partial charge in [-0.05, 0) is 35.7 Å². The van der Waals surface area contributed by atoms with Crippen molar-refractivity contribution in [1.29, 1.82) is 0 Å². The Morgan fingerprint density at radius 2 is 1.89 bits per heavy atom. The molecule has 0 aliphatic heterocycles. The maximum absolute atomic E-state index is 9.21. The van der Waals surface area contributed by atoms with Gasteiger partial charge in [-0.15, -0.1) is 0 Å². The summed E-state index contributed by atoms with van der Waals surface area (Å²) in [4.78, 5) is 4.39. The Balaban J connectivity index is 2.08. The number of hydrogen-bond acceptors (Lipinski definition) is 3. The van der Waals surface area contributed by atoms with Crippen LogP contribution in [0.15, 0.2) is 40.9 Å². The number of aromatic nitrogens is 1. The summed E-state index contributed by atoms with van der Waals surface area (Å²) in [5, 5.41) is 9.21. The van der Waals surface area contributed by atoms with Crippen LogP contribution in [0.3, 0.4) is 0 Å². The highest BCUT2D eigenvalue weighted by atomic mass is 79.9. The lowest BCUT2D eigenvalue weighted by Gasteiger charge is -2.08. The average molecular weight is 322 g/mol. The summed E-state index contributed by atoms with van der Waals surface area (Å²) >= 11 is 3.40. The fraction of sp³-hybridized carbons (Fsp3) is 0.267. The van der Waals surface area contributed by atoms with E-state index in [2.05, 4.69) is 20.9 Å². The smallest absolute Gasteiger partial charge is 0.214 e. The zero-order valence-electron chi connectivity index (χ0n) is 10.8. The Kier molecular flexibility index (Phi) is 4.93. The standard InChI is InChI=1S/C15H16BrNO2/c1-2-14-7-12(9-18)8-15(17-14)19-10-11-3-5-13(16)6-4-11/h3-8,18H,2,9-10H2,1H3. The molecule has 1 aromatic heterocycles. The third-order valence-electron chi connectivity index (χ3n) is 2.76. The number of halogens is 1. The van der Waals surface area contributed by atoms with Crippen LogP contribution >= 0.6 is 15.9 Å². The van der Waals surface area contributed by atoms with E-state index in [1.165, 1.54) is 0 Å². The fourth-order valence-corrected chi connectivity index (χ4v) is 1.97. The molecule has 1 heterocycles. The molecule has 4 heteroatoms. The molecular formula is C15H16BrNO2. The lowest BCUT2D eigenvalue weighted by atomic mass is 10.2. The van der Waals surface area contributed by atoms with Crippen LogP contribution in [0.5, 0.6) is 5.88 Å². The molecule has 1 aromatic carbocycles. The van der Waals surface area contributed by atoms with Crippen molar-refractivity contribution in [3.05, 3.63) is 57.7 Å². The predicted molar refractivity (Wildman–Crippen MR) is 78.0 cm³/mol. The fourth-order valence-electron chi connectivity index (χ4n) is 1.70. The number of aryl methyl sites for hydroxylation is 1. The van der Waals surface area contributed by atoms with Crippen molar-refractivity contribution in [3.8, 4) is 5.88 Å². The van der Waals surface area contributed by atoms with Crippen LogP contribution in [0, 0.1) is 0 Å². The molecule has 3 nitrogen and oxygen atoms in total. The van der Waals surface area contributed by atoms with Gasteiger partial charge in [-0.1, -0.05) is 35.0 Å². The molecule has 0 spiro atoms. The number of pyridine rings is 1. The van der Waals surface area contributed by atoms with E-state index in [-0.39, 0.29) is 6.61 Å². The van der Waals surface area contributed by atoms with E-state index < -0.39 is 0 Å². The minimum atomic E-state index is 0.00413. The van der Waals surface area contributed by atoms with Crippen molar-refractivity contribution in [2.75, 3.05) is 0 Å². The Labute approximate surface area is 121 Å². The molecule has 0 aliphatic rings. The SMILES string of the molecule is CCc1cc(CO)cc(OCc2ccc(Br)cc2)n1. The van der Waals surface area contributed by atoms with Gasteiger partial charge < -0.3 is 9.84 Å². The molecule has 0 atom stereocenters. The number of hydrogen-bond donors (Lipinski definition) is 1. The number of ether oxygens (including phenoxy) is 1. The van der Waals surface area contributed by atoms with Gasteiger partial charge in [0.1, 0.15) is 6.61 Å². The summed E-state index contributed by atoms with van der Waals surface area (Å²) in [6, 6.07) is 11.6. The van der Waals surface area contributed by atoms with Crippen LogP contribution in [-0.4, -0.2) is 10.1 Å². The number of aliphatic hydroxyl groups is 1. The van der Waals surface area contributed by atoms with Crippen molar-refractivity contribution in [2.45, 2.75) is 26.6 Å². The van der Waals surface area contributed by atoms with Gasteiger partial charge >= 0.3 is 0 Å². The molecule has 0 unspecified atom stereocenters. The summed E-state index contributed by atoms with van der Waals surface area (Å²) in [5.74, 6) is 0.561. The molecule has 0 amide bonds. The molecule has 0 aliphatic carbocycles. The second-order valence-corrected chi connectivity index (χ2v) is 5.15. The van der Waals surface area contributed by atoms with E-state index in [1.807, 2.05) is 37.3 Å². The normalized spacial score (nSPS) is 10.5. The number of aliphatic hydroxyl groups excluding tert-OH is 1. The Morgan fingerprint density at radius 1 is 1.16 bits per heavy atom. The van der Waals surface area contributed by atoms with Crippen molar-refractivity contribution in [3.63, 3.8) is 0 Å². The third kappa shape index (κ3) is 4.04. The molecule has 0 saturated heterocycles. The van der Waals surface area contributed by atoms with Crippen molar-refractivity contribution >= 4 is 15.9 Å². The van der Waals surface area contributed by atoms with E-state index in [1.54, 1.807) is 6.07 Å². The van der Waals surface area contributed by atoms with E-state index in [0.29, 0.717) is 12.5 Å². The molecule has 0 bridgehead atoms. The van der Waals surface area contributed by atoms with Crippen molar-refractivity contribution in [1.82, 2.24) is 4.98 Å². The highest BCUT2D eigenvalue weighted by molar-refractivity contribution is 9.10. The van der Waals surface area contributed by atoms with Crippen LogP contribution < -0.4 is 4.74 Å². The van der Waals surface area contributed by atoms with Crippen LogP contribution in [0.4, 0.5) is 0 Å². The second kappa shape index (κ2) is 6.68. The predicted octanol–water partition coefficient (Wildman–Crippen LogP) is 3.48. The number of benzene rings is 1. The quantitative estimate of drug-likeness (QED) is 0.916. The lowest BCUT2D eigenvalue weighted by molar-refractivity contribution is 0.274. The Bertz CT molecular complexity index is 518. The maximum Gasteiger partial charge on any atom is 0.214 e. The van der Waals surface area contributed by atoms with E-state index in [0.717, 1.165) is 27.7 Å². The summed E-state index contributed by atoms with van der Waals surface area (Å²) in [6.07, 6.45) is 0.822. The average Bonchev–Trinajstić information content (AvgIpc) is 2.46. The van der Waals surface area contributed by atoms with Crippen molar-refractivity contribution < 1.29 is 9.84 Å². The van der Waals surface area contributed by atoms with Gasteiger partial charge in [0.15, 0.2) is 0 Å². The third-order valence-corrected chi connectivity index (χ3v) is 3.29. The molecule has 0 fully saturated rings. The molecule has 19 heavy (non-hydrogen) atoms. The van der Waals surface area contributed by atoms with Gasteiger partial charge in [0.2, 0.25) is 5.88 Å². The Hall–Kier alpha value is -1.39. The van der Waals surface area contributed by atoms with Gasteiger partial charge in [0, 0.05) is 16.2 Å². The highest BCUT2D eigenvalue weighted by Crippen LogP contribution is 2.16. The first-order chi connectivity index (χ1) is 9.21. The summed E-state index contributed by atoms with van der Waals surface area (Å²) < 4.78 is 6.73.